The summed E-state index contributed by atoms with van der Waals surface area (Å²) in [6.45, 7) is 0.495. The number of hydrogen-bond acceptors (Lipinski definition) is 5. The molecule has 2 heterocycles. The first-order valence-electron chi connectivity index (χ1n) is 8.38. The van der Waals surface area contributed by atoms with Crippen molar-refractivity contribution in [3.05, 3.63) is 69.6 Å². The number of aromatic hydroxyl groups is 3. The Hall–Kier alpha value is -3.68. The summed E-state index contributed by atoms with van der Waals surface area (Å²) in [6, 6.07) is 11.3. The van der Waals surface area contributed by atoms with Crippen LogP contribution in [0.2, 0.25) is 0 Å². The summed E-state index contributed by atoms with van der Waals surface area (Å²) in [7, 11) is 0. The van der Waals surface area contributed by atoms with Crippen LogP contribution >= 0.6 is 0 Å². The SMILES string of the molecule is O=C(c1cc(O)c(O)c(O)c1)N1CCc2[nH]n(-c3ccccc3)c(=O)c2C1. The molecule has 4 rings (SSSR count). The number of aromatic amines is 1. The lowest BCUT2D eigenvalue weighted by Crippen LogP contribution is -2.37. The zero-order chi connectivity index (χ0) is 19.1. The highest BCUT2D eigenvalue weighted by molar-refractivity contribution is 5.95. The molecule has 1 amide bonds. The number of phenols is 3. The van der Waals surface area contributed by atoms with Crippen LogP contribution in [0, 0.1) is 0 Å². The van der Waals surface area contributed by atoms with Gasteiger partial charge < -0.3 is 20.2 Å². The highest BCUT2D eigenvalue weighted by Gasteiger charge is 2.27. The number of para-hydroxylation sites is 1. The van der Waals surface area contributed by atoms with E-state index in [9.17, 15) is 24.9 Å². The van der Waals surface area contributed by atoms with Crippen LogP contribution in [-0.2, 0) is 13.0 Å². The number of rotatable bonds is 2. The minimum atomic E-state index is -0.677. The summed E-state index contributed by atoms with van der Waals surface area (Å²) in [4.78, 5) is 26.9. The van der Waals surface area contributed by atoms with Crippen LogP contribution in [0.15, 0.2) is 47.3 Å². The third-order valence-corrected chi connectivity index (χ3v) is 4.67. The van der Waals surface area contributed by atoms with Crippen molar-refractivity contribution >= 4 is 5.91 Å². The molecule has 0 unspecified atom stereocenters. The van der Waals surface area contributed by atoms with Crippen molar-refractivity contribution in [3.63, 3.8) is 0 Å². The van der Waals surface area contributed by atoms with Gasteiger partial charge in [0.05, 0.1) is 17.8 Å². The van der Waals surface area contributed by atoms with Gasteiger partial charge in [-0.3, -0.25) is 14.7 Å². The molecule has 0 fully saturated rings. The van der Waals surface area contributed by atoms with Gasteiger partial charge in [-0.05, 0) is 24.3 Å². The summed E-state index contributed by atoms with van der Waals surface area (Å²) in [5.41, 5.74) is 1.81. The van der Waals surface area contributed by atoms with E-state index in [2.05, 4.69) is 5.10 Å². The van der Waals surface area contributed by atoms with Gasteiger partial charge in [0, 0.05) is 24.2 Å². The number of H-pyrrole nitrogens is 1. The molecule has 138 valence electrons. The molecule has 0 spiro atoms. The van der Waals surface area contributed by atoms with E-state index in [1.54, 1.807) is 0 Å². The minimum absolute atomic E-state index is 0.0326. The second-order valence-electron chi connectivity index (χ2n) is 6.38. The maximum Gasteiger partial charge on any atom is 0.276 e. The lowest BCUT2D eigenvalue weighted by atomic mass is 10.1. The lowest BCUT2D eigenvalue weighted by molar-refractivity contribution is 0.0733. The van der Waals surface area contributed by atoms with Crippen molar-refractivity contribution < 1.29 is 20.1 Å². The number of fused-ring (bicyclic) bond motifs is 1. The fraction of sp³-hybridized carbons (Fsp3) is 0.158. The topological polar surface area (TPSA) is 119 Å². The van der Waals surface area contributed by atoms with E-state index in [1.807, 2.05) is 30.3 Å². The average molecular weight is 367 g/mol. The standard InChI is InChI=1S/C19H17N3O5/c23-15-8-11(9-16(24)17(15)25)18(26)21-7-6-14-13(10-21)19(27)22(20-14)12-4-2-1-3-5-12/h1-5,8-9,20,23-25H,6-7,10H2. The number of amides is 1. The number of carbonyl (C=O) groups is 1. The predicted molar refractivity (Wildman–Crippen MR) is 96.3 cm³/mol. The van der Waals surface area contributed by atoms with Gasteiger partial charge in [-0.1, -0.05) is 18.2 Å². The molecule has 0 bridgehead atoms. The Kier molecular flexibility index (Phi) is 3.88. The molecule has 1 aliphatic heterocycles. The van der Waals surface area contributed by atoms with Gasteiger partial charge in [0.25, 0.3) is 11.5 Å². The first kappa shape index (κ1) is 16.8. The second-order valence-corrected chi connectivity index (χ2v) is 6.38. The van der Waals surface area contributed by atoms with Crippen molar-refractivity contribution in [1.29, 1.82) is 0 Å². The van der Waals surface area contributed by atoms with Crippen LogP contribution < -0.4 is 5.56 Å². The summed E-state index contributed by atoms with van der Waals surface area (Å²) in [5, 5.41) is 31.8. The van der Waals surface area contributed by atoms with E-state index < -0.39 is 23.2 Å². The summed E-state index contributed by atoms with van der Waals surface area (Å²) >= 11 is 0. The number of nitrogens with zero attached hydrogens (tertiary/aromatic N) is 2. The Morgan fingerprint density at radius 1 is 1.04 bits per heavy atom. The third kappa shape index (κ3) is 2.80. The van der Waals surface area contributed by atoms with Crippen molar-refractivity contribution in [1.82, 2.24) is 14.7 Å². The van der Waals surface area contributed by atoms with Crippen molar-refractivity contribution in [2.75, 3.05) is 6.54 Å². The number of benzene rings is 2. The predicted octanol–water partition coefficient (Wildman–Crippen LogP) is 1.48. The maximum atomic E-state index is 12.8. The number of aromatic nitrogens is 2. The molecule has 1 aromatic heterocycles. The molecular weight excluding hydrogens is 350 g/mol. The molecule has 0 saturated heterocycles. The molecule has 3 aromatic rings. The third-order valence-electron chi connectivity index (χ3n) is 4.67. The second kappa shape index (κ2) is 6.24. The van der Waals surface area contributed by atoms with Gasteiger partial charge in [0.15, 0.2) is 17.2 Å². The molecular formula is C19H17N3O5. The molecule has 8 nitrogen and oxygen atoms in total. The summed E-state index contributed by atoms with van der Waals surface area (Å²) < 4.78 is 1.46. The number of carbonyl (C=O) groups excluding carboxylic acids is 1. The molecule has 4 N–H and O–H groups in total. The largest absolute Gasteiger partial charge is 0.504 e. The van der Waals surface area contributed by atoms with Crippen LogP contribution in [0.25, 0.3) is 5.69 Å². The monoisotopic (exact) mass is 367 g/mol. The Morgan fingerprint density at radius 2 is 1.70 bits per heavy atom. The summed E-state index contributed by atoms with van der Waals surface area (Å²) in [6.07, 6.45) is 0.478. The van der Waals surface area contributed by atoms with Gasteiger partial charge in [-0.25, -0.2) is 4.68 Å². The van der Waals surface area contributed by atoms with Gasteiger partial charge in [0.2, 0.25) is 0 Å². The molecule has 0 saturated carbocycles. The molecule has 8 heteroatoms. The Labute approximate surface area is 153 Å². The molecule has 0 radical (unpaired) electrons. The minimum Gasteiger partial charge on any atom is -0.504 e. The van der Waals surface area contributed by atoms with Crippen LogP contribution in [0.4, 0.5) is 0 Å². The summed E-state index contributed by atoms with van der Waals surface area (Å²) in [5.74, 6) is -2.28. The van der Waals surface area contributed by atoms with Gasteiger partial charge >= 0.3 is 0 Å². The zero-order valence-corrected chi connectivity index (χ0v) is 14.2. The van der Waals surface area contributed by atoms with E-state index in [4.69, 9.17) is 0 Å². The molecule has 0 atom stereocenters. The van der Waals surface area contributed by atoms with Crippen molar-refractivity contribution in [2.24, 2.45) is 0 Å². The van der Waals surface area contributed by atoms with Gasteiger partial charge in [-0.15, -0.1) is 0 Å². The quantitative estimate of drug-likeness (QED) is 0.512. The Balaban J connectivity index is 1.65. The van der Waals surface area contributed by atoms with Crippen molar-refractivity contribution in [2.45, 2.75) is 13.0 Å². The highest BCUT2D eigenvalue weighted by Crippen LogP contribution is 2.36. The molecule has 2 aromatic carbocycles. The first-order chi connectivity index (χ1) is 13.0. The number of nitrogens with one attached hydrogen (secondary N) is 1. The molecule has 1 aliphatic rings. The fourth-order valence-electron chi connectivity index (χ4n) is 3.25. The number of phenolic OH excluding ortho intramolecular Hbond substituents is 3. The lowest BCUT2D eigenvalue weighted by Gasteiger charge is -2.26. The van der Waals surface area contributed by atoms with Crippen LogP contribution in [0.1, 0.15) is 21.6 Å². The van der Waals surface area contributed by atoms with E-state index >= 15 is 0 Å². The average Bonchev–Trinajstić information content (AvgIpc) is 3.02. The molecule has 27 heavy (non-hydrogen) atoms. The maximum absolute atomic E-state index is 12.8. The van der Waals surface area contributed by atoms with Gasteiger partial charge in [-0.2, -0.15) is 0 Å². The van der Waals surface area contributed by atoms with Gasteiger partial charge in [0.1, 0.15) is 0 Å². The van der Waals surface area contributed by atoms with E-state index in [-0.39, 0.29) is 17.7 Å². The highest BCUT2D eigenvalue weighted by atomic mass is 16.3. The van der Waals surface area contributed by atoms with E-state index in [1.165, 1.54) is 9.58 Å². The Bertz CT molecular complexity index is 1060. The fourth-order valence-corrected chi connectivity index (χ4v) is 3.25. The Morgan fingerprint density at radius 3 is 2.37 bits per heavy atom. The first-order valence-corrected chi connectivity index (χ1v) is 8.38. The zero-order valence-electron chi connectivity index (χ0n) is 14.2. The van der Waals surface area contributed by atoms with E-state index in [0.29, 0.717) is 24.2 Å². The van der Waals surface area contributed by atoms with Crippen LogP contribution in [0.5, 0.6) is 17.2 Å². The van der Waals surface area contributed by atoms with Crippen LogP contribution in [-0.4, -0.2) is 42.5 Å². The smallest absolute Gasteiger partial charge is 0.276 e. The van der Waals surface area contributed by atoms with Crippen LogP contribution in [0.3, 0.4) is 0 Å². The van der Waals surface area contributed by atoms with Crippen molar-refractivity contribution in [3.8, 4) is 22.9 Å². The number of hydrogen-bond donors (Lipinski definition) is 4. The normalized spacial score (nSPS) is 13.4. The molecule has 0 aliphatic carbocycles. The van der Waals surface area contributed by atoms with E-state index in [0.717, 1.165) is 17.8 Å².